The molecule has 0 aliphatic carbocycles. The van der Waals surface area contributed by atoms with Gasteiger partial charge in [0, 0.05) is 22.3 Å². The Morgan fingerprint density at radius 1 is 1.35 bits per heavy atom. The summed E-state index contributed by atoms with van der Waals surface area (Å²) in [5.41, 5.74) is 0. The Morgan fingerprint density at radius 3 is 2.45 bits per heavy atom. The molecule has 1 aromatic rings. The van der Waals surface area contributed by atoms with Crippen LogP contribution < -0.4 is 10.0 Å². The highest BCUT2D eigenvalue weighted by molar-refractivity contribution is 7.89. The van der Waals surface area contributed by atoms with Crippen LogP contribution >= 0.6 is 11.3 Å². The number of sulfonamides is 1. The third-order valence-electron chi connectivity index (χ3n) is 2.36. The summed E-state index contributed by atoms with van der Waals surface area (Å²) in [5, 5.41) is 3.13. The molecule has 0 fully saturated rings. The van der Waals surface area contributed by atoms with Crippen LogP contribution in [0.5, 0.6) is 0 Å². The lowest BCUT2D eigenvalue weighted by atomic mass is 10.3. The maximum absolute atomic E-state index is 12.1. The summed E-state index contributed by atoms with van der Waals surface area (Å²) in [5.74, 6) is 0. The van der Waals surface area contributed by atoms with Crippen molar-refractivity contribution in [1.29, 1.82) is 0 Å². The number of aryl methyl sites for hydroxylation is 1. The van der Waals surface area contributed by atoms with Crippen molar-refractivity contribution < 1.29 is 21.6 Å². The second-order valence-corrected chi connectivity index (χ2v) is 7.68. The molecule has 20 heavy (non-hydrogen) atoms. The van der Waals surface area contributed by atoms with Crippen LogP contribution in [0.3, 0.4) is 0 Å². The first-order chi connectivity index (χ1) is 9.01. The van der Waals surface area contributed by atoms with Gasteiger partial charge in [0.2, 0.25) is 10.0 Å². The molecular formula is C11H17F3N2O2S2. The third kappa shape index (κ3) is 5.39. The molecule has 1 rings (SSSR count). The van der Waals surface area contributed by atoms with Gasteiger partial charge in [-0.1, -0.05) is 13.8 Å². The summed E-state index contributed by atoms with van der Waals surface area (Å²) in [6.07, 6.45) is -4.57. The Kier molecular flexibility index (Phi) is 5.59. The van der Waals surface area contributed by atoms with Crippen LogP contribution in [-0.4, -0.2) is 27.2 Å². The van der Waals surface area contributed by atoms with E-state index in [2.05, 4.69) is 5.32 Å². The fraction of sp³-hybridized carbons (Fsp3) is 0.636. The smallest absolute Gasteiger partial charge is 0.310 e. The van der Waals surface area contributed by atoms with Crippen LogP contribution in [0.2, 0.25) is 0 Å². The van der Waals surface area contributed by atoms with Gasteiger partial charge < -0.3 is 5.32 Å². The van der Waals surface area contributed by atoms with Crippen molar-refractivity contribution in [2.24, 2.45) is 0 Å². The highest BCUT2D eigenvalue weighted by Crippen LogP contribution is 2.26. The summed E-state index contributed by atoms with van der Waals surface area (Å²) < 4.78 is 61.5. The molecule has 0 saturated heterocycles. The maximum Gasteiger partial charge on any atom is 0.402 e. The van der Waals surface area contributed by atoms with Crippen molar-refractivity contribution in [3.05, 3.63) is 15.8 Å². The average Bonchev–Trinajstić information content (AvgIpc) is 2.65. The Morgan fingerprint density at radius 2 is 1.95 bits per heavy atom. The molecule has 0 saturated carbocycles. The molecule has 1 aromatic heterocycles. The maximum atomic E-state index is 12.1. The Labute approximate surface area is 120 Å². The van der Waals surface area contributed by atoms with Crippen molar-refractivity contribution in [3.63, 3.8) is 0 Å². The standard InChI is InChI=1S/C11H17F3N2O2S2/c1-7(2)15-5-9-4-10(8(3)19-9)20(17,18)16-6-11(12,13)14/h4,7,15-16H,5-6H2,1-3H3. The van der Waals surface area contributed by atoms with Crippen molar-refractivity contribution in [3.8, 4) is 0 Å². The van der Waals surface area contributed by atoms with Crippen molar-refractivity contribution in [1.82, 2.24) is 10.0 Å². The van der Waals surface area contributed by atoms with Crippen LogP contribution in [0.15, 0.2) is 11.0 Å². The predicted octanol–water partition coefficient (Wildman–Crippen LogP) is 2.40. The Bertz CT molecular complexity index is 551. The molecule has 0 aliphatic rings. The molecule has 0 aromatic carbocycles. The molecule has 0 bridgehead atoms. The van der Waals surface area contributed by atoms with E-state index in [0.717, 1.165) is 4.88 Å². The summed E-state index contributed by atoms with van der Waals surface area (Å²) >= 11 is 1.25. The topological polar surface area (TPSA) is 58.2 Å². The first kappa shape index (κ1) is 17.4. The summed E-state index contributed by atoms with van der Waals surface area (Å²) in [6.45, 7) is 4.39. The minimum Gasteiger partial charge on any atom is -0.310 e. The number of rotatable bonds is 6. The van der Waals surface area contributed by atoms with Gasteiger partial charge in [-0.3, -0.25) is 0 Å². The van der Waals surface area contributed by atoms with E-state index in [1.165, 1.54) is 17.4 Å². The van der Waals surface area contributed by atoms with Crippen molar-refractivity contribution in [2.45, 2.75) is 44.4 Å². The largest absolute Gasteiger partial charge is 0.402 e. The molecule has 9 heteroatoms. The molecular weight excluding hydrogens is 313 g/mol. The summed E-state index contributed by atoms with van der Waals surface area (Å²) in [4.78, 5) is 1.15. The molecule has 0 spiro atoms. The van der Waals surface area contributed by atoms with E-state index in [1.54, 1.807) is 11.6 Å². The van der Waals surface area contributed by atoms with Gasteiger partial charge in [-0.25, -0.2) is 13.1 Å². The monoisotopic (exact) mass is 330 g/mol. The lowest BCUT2D eigenvalue weighted by Crippen LogP contribution is -2.33. The van der Waals surface area contributed by atoms with Gasteiger partial charge in [0.15, 0.2) is 0 Å². The Hall–Kier alpha value is -0.640. The van der Waals surface area contributed by atoms with E-state index in [1.807, 2.05) is 13.8 Å². The molecule has 0 radical (unpaired) electrons. The molecule has 116 valence electrons. The second-order valence-electron chi connectivity index (χ2n) is 4.61. The van der Waals surface area contributed by atoms with E-state index in [0.29, 0.717) is 11.4 Å². The third-order valence-corrected chi connectivity index (χ3v) is 5.07. The van der Waals surface area contributed by atoms with Crippen LogP contribution in [0.25, 0.3) is 0 Å². The lowest BCUT2D eigenvalue weighted by Gasteiger charge is -2.08. The second kappa shape index (κ2) is 6.42. The Balaban J connectivity index is 2.85. The van der Waals surface area contributed by atoms with Gasteiger partial charge in [0.25, 0.3) is 0 Å². The molecule has 1 heterocycles. The van der Waals surface area contributed by atoms with Crippen LogP contribution in [-0.2, 0) is 16.6 Å². The predicted molar refractivity (Wildman–Crippen MR) is 72.3 cm³/mol. The molecule has 0 atom stereocenters. The number of thiophene rings is 1. The van der Waals surface area contributed by atoms with Crippen molar-refractivity contribution in [2.75, 3.05) is 6.54 Å². The van der Waals surface area contributed by atoms with Crippen molar-refractivity contribution >= 4 is 21.4 Å². The van der Waals surface area contributed by atoms with E-state index in [4.69, 9.17) is 0 Å². The van der Waals surface area contributed by atoms with Crippen LogP contribution in [0.4, 0.5) is 13.2 Å². The molecule has 2 N–H and O–H groups in total. The minimum absolute atomic E-state index is 0.0905. The first-order valence-electron chi connectivity index (χ1n) is 5.90. The van der Waals surface area contributed by atoms with Gasteiger partial charge >= 0.3 is 6.18 Å². The van der Waals surface area contributed by atoms with Gasteiger partial charge in [0.1, 0.15) is 6.54 Å². The highest BCUT2D eigenvalue weighted by Gasteiger charge is 2.31. The van der Waals surface area contributed by atoms with E-state index in [9.17, 15) is 21.6 Å². The zero-order chi connectivity index (χ0) is 15.6. The van der Waals surface area contributed by atoms with Gasteiger partial charge in [-0.2, -0.15) is 13.2 Å². The van der Waals surface area contributed by atoms with E-state index < -0.39 is 22.7 Å². The molecule has 0 unspecified atom stereocenters. The van der Waals surface area contributed by atoms with E-state index >= 15 is 0 Å². The fourth-order valence-electron chi connectivity index (χ4n) is 1.44. The number of nitrogens with one attached hydrogen (secondary N) is 2. The van der Waals surface area contributed by atoms with Gasteiger partial charge in [-0.15, -0.1) is 11.3 Å². The minimum atomic E-state index is -4.57. The fourth-order valence-corrected chi connectivity index (χ4v) is 4.04. The number of hydrogen-bond acceptors (Lipinski definition) is 4. The van der Waals surface area contributed by atoms with E-state index in [-0.39, 0.29) is 10.9 Å². The zero-order valence-corrected chi connectivity index (χ0v) is 13.0. The van der Waals surface area contributed by atoms with Crippen LogP contribution in [0, 0.1) is 6.92 Å². The average molecular weight is 330 g/mol. The normalized spacial score (nSPS) is 13.2. The number of halogens is 3. The SMILES string of the molecule is Cc1sc(CNC(C)C)cc1S(=O)(=O)NCC(F)(F)F. The first-order valence-corrected chi connectivity index (χ1v) is 8.20. The molecule has 0 amide bonds. The zero-order valence-electron chi connectivity index (χ0n) is 11.3. The van der Waals surface area contributed by atoms with Gasteiger partial charge in [-0.05, 0) is 13.0 Å². The highest BCUT2D eigenvalue weighted by atomic mass is 32.2. The number of alkyl halides is 3. The van der Waals surface area contributed by atoms with Gasteiger partial charge in [0.05, 0.1) is 4.90 Å². The number of hydrogen-bond donors (Lipinski definition) is 2. The molecule has 0 aliphatic heterocycles. The quantitative estimate of drug-likeness (QED) is 0.842. The van der Waals surface area contributed by atoms with Crippen LogP contribution in [0.1, 0.15) is 23.6 Å². The lowest BCUT2D eigenvalue weighted by molar-refractivity contribution is -0.121. The molecule has 4 nitrogen and oxygen atoms in total. The summed E-state index contributed by atoms with van der Waals surface area (Å²) in [7, 11) is -4.13. The summed E-state index contributed by atoms with van der Waals surface area (Å²) in [6, 6.07) is 1.65.